The number of para-hydroxylation sites is 1. The van der Waals surface area contributed by atoms with Crippen LogP contribution < -0.4 is 4.74 Å². The molecule has 0 bridgehead atoms. The number of carbonyl (C=O) groups is 2. The van der Waals surface area contributed by atoms with Gasteiger partial charge in [-0.05, 0) is 36.8 Å². The molecule has 1 amide bonds. The molecule has 0 fully saturated rings. The predicted molar refractivity (Wildman–Crippen MR) is 100 cm³/mol. The number of halogens is 1. The first kappa shape index (κ1) is 19.8. The van der Waals surface area contributed by atoms with E-state index in [1.807, 2.05) is 30.3 Å². The molecule has 0 unspecified atom stereocenters. The van der Waals surface area contributed by atoms with Crippen LogP contribution in [-0.4, -0.2) is 36.5 Å². The number of rotatable bonds is 9. The summed E-state index contributed by atoms with van der Waals surface area (Å²) in [6, 6.07) is 16.4. The van der Waals surface area contributed by atoms with Gasteiger partial charge in [-0.25, -0.2) is 0 Å². The number of benzene rings is 2. The van der Waals surface area contributed by atoms with Crippen molar-refractivity contribution in [1.29, 1.82) is 0 Å². The minimum Gasteiger partial charge on any atom is -0.484 e. The van der Waals surface area contributed by atoms with Crippen molar-refractivity contribution < 1.29 is 19.1 Å². The Balaban J connectivity index is 1.99. The summed E-state index contributed by atoms with van der Waals surface area (Å²) < 4.78 is 10.5. The summed E-state index contributed by atoms with van der Waals surface area (Å²) in [5, 5.41) is 0.630. The van der Waals surface area contributed by atoms with E-state index in [0.29, 0.717) is 23.9 Å². The number of nitrogens with zero attached hydrogens (tertiary/aromatic N) is 1. The molecule has 0 atom stereocenters. The van der Waals surface area contributed by atoms with Gasteiger partial charge in [-0.15, -0.1) is 0 Å². The van der Waals surface area contributed by atoms with Crippen LogP contribution in [0.1, 0.15) is 18.9 Å². The Morgan fingerprint density at radius 3 is 2.38 bits per heavy atom. The molecule has 2 aromatic rings. The molecule has 0 saturated heterocycles. The molecule has 0 aromatic heterocycles. The third kappa shape index (κ3) is 6.76. The largest absolute Gasteiger partial charge is 0.484 e. The van der Waals surface area contributed by atoms with Gasteiger partial charge in [0.25, 0.3) is 5.91 Å². The number of esters is 1. The predicted octanol–water partition coefficient (Wildman–Crippen LogP) is 3.70. The smallest absolute Gasteiger partial charge is 0.307 e. The van der Waals surface area contributed by atoms with Crippen LogP contribution >= 0.6 is 11.6 Å². The third-order valence-electron chi connectivity index (χ3n) is 3.64. The lowest BCUT2D eigenvalue weighted by Gasteiger charge is -2.22. The molecule has 0 N–H and O–H groups in total. The molecule has 5 nitrogen and oxygen atoms in total. The lowest BCUT2D eigenvalue weighted by atomic mass is 10.2. The van der Waals surface area contributed by atoms with Crippen LogP contribution in [0.15, 0.2) is 54.6 Å². The van der Waals surface area contributed by atoms with Gasteiger partial charge in [-0.2, -0.15) is 0 Å². The molecule has 2 aromatic carbocycles. The Bertz CT molecular complexity index is 704. The van der Waals surface area contributed by atoms with E-state index in [2.05, 4.69) is 0 Å². The van der Waals surface area contributed by atoms with Gasteiger partial charge in [-0.1, -0.05) is 41.9 Å². The summed E-state index contributed by atoms with van der Waals surface area (Å²) in [4.78, 5) is 25.8. The monoisotopic (exact) mass is 375 g/mol. The second-order valence-corrected chi connectivity index (χ2v) is 6.03. The van der Waals surface area contributed by atoms with Gasteiger partial charge < -0.3 is 14.4 Å². The lowest BCUT2D eigenvalue weighted by molar-refractivity contribution is -0.144. The fourth-order valence-electron chi connectivity index (χ4n) is 2.31. The van der Waals surface area contributed by atoms with Gasteiger partial charge in [-0.3, -0.25) is 9.59 Å². The molecule has 0 aliphatic rings. The number of hydrogen-bond acceptors (Lipinski definition) is 4. The minimum atomic E-state index is -0.328. The molecule has 0 heterocycles. The topological polar surface area (TPSA) is 55.8 Å². The van der Waals surface area contributed by atoms with Crippen LogP contribution in [0.25, 0.3) is 0 Å². The summed E-state index contributed by atoms with van der Waals surface area (Å²) in [5.74, 6) is 0.0937. The van der Waals surface area contributed by atoms with Crippen LogP contribution in [0, 0.1) is 0 Å². The maximum absolute atomic E-state index is 12.6. The van der Waals surface area contributed by atoms with Crippen molar-refractivity contribution in [2.75, 3.05) is 19.8 Å². The Labute approximate surface area is 158 Å². The molecule has 6 heteroatoms. The Hall–Kier alpha value is -2.53. The first-order chi connectivity index (χ1) is 12.6. The molecule has 0 aliphatic carbocycles. The van der Waals surface area contributed by atoms with Crippen molar-refractivity contribution in [1.82, 2.24) is 4.90 Å². The van der Waals surface area contributed by atoms with Gasteiger partial charge in [0.05, 0.1) is 13.0 Å². The highest BCUT2D eigenvalue weighted by Crippen LogP contribution is 2.13. The maximum Gasteiger partial charge on any atom is 0.307 e. The summed E-state index contributed by atoms with van der Waals surface area (Å²) in [5.41, 5.74) is 0.923. The average Bonchev–Trinajstić information content (AvgIpc) is 2.66. The van der Waals surface area contributed by atoms with Crippen molar-refractivity contribution in [3.05, 3.63) is 65.2 Å². The number of hydrogen-bond donors (Lipinski definition) is 0. The molecule has 0 saturated carbocycles. The van der Waals surface area contributed by atoms with Crippen molar-refractivity contribution >= 4 is 23.5 Å². The fraction of sp³-hybridized carbons (Fsp3) is 0.300. The molecule has 0 aliphatic heterocycles. The van der Waals surface area contributed by atoms with E-state index in [1.165, 1.54) is 0 Å². The third-order valence-corrected chi connectivity index (χ3v) is 3.89. The summed E-state index contributed by atoms with van der Waals surface area (Å²) >= 11 is 5.90. The molecule has 2 rings (SSSR count). The zero-order valence-electron chi connectivity index (χ0n) is 14.7. The van der Waals surface area contributed by atoms with Gasteiger partial charge >= 0.3 is 5.97 Å². The first-order valence-electron chi connectivity index (χ1n) is 8.44. The maximum atomic E-state index is 12.6. The zero-order valence-corrected chi connectivity index (χ0v) is 15.4. The van der Waals surface area contributed by atoms with E-state index in [9.17, 15) is 9.59 Å². The van der Waals surface area contributed by atoms with Crippen LogP contribution in [0.5, 0.6) is 5.75 Å². The van der Waals surface area contributed by atoms with E-state index in [0.717, 1.165) is 5.56 Å². The Morgan fingerprint density at radius 1 is 1.04 bits per heavy atom. The SMILES string of the molecule is CCOC(=O)CCN(Cc1ccc(Cl)cc1)C(=O)COc1ccccc1. The van der Waals surface area contributed by atoms with Crippen molar-refractivity contribution in [3.8, 4) is 5.75 Å². The van der Waals surface area contributed by atoms with Gasteiger partial charge in [0.2, 0.25) is 0 Å². The van der Waals surface area contributed by atoms with Gasteiger partial charge in [0.15, 0.2) is 6.61 Å². The molecular formula is C20H22ClNO4. The molecule has 0 radical (unpaired) electrons. The van der Waals surface area contributed by atoms with Crippen molar-refractivity contribution in [2.24, 2.45) is 0 Å². The highest BCUT2D eigenvalue weighted by molar-refractivity contribution is 6.30. The van der Waals surface area contributed by atoms with E-state index < -0.39 is 0 Å². The zero-order chi connectivity index (χ0) is 18.8. The Morgan fingerprint density at radius 2 is 1.73 bits per heavy atom. The highest BCUT2D eigenvalue weighted by Gasteiger charge is 2.17. The van der Waals surface area contributed by atoms with Gasteiger partial charge in [0.1, 0.15) is 5.75 Å². The average molecular weight is 376 g/mol. The van der Waals surface area contributed by atoms with E-state index >= 15 is 0 Å². The summed E-state index contributed by atoms with van der Waals surface area (Å²) in [7, 11) is 0. The Kier molecular flexibility index (Phi) is 7.96. The minimum absolute atomic E-state index is 0.0968. The number of ether oxygens (including phenoxy) is 2. The lowest BCUT2D eigenvalue weighted by Crippen LogP contribution is -2.36. The number of carbonyl (C=O) groups excluding carboxylic acids is 2. The second kappa shape index (κ2) is 10.5. The van der Waals surface area contributed by atoms with E-state index in [1.54, 1.807) is 36.1 Å². The quantitative estimate of drug-likeness (QED) is 0.627. The standard InChI is InChI=1S/C20H22ClNO4/c1-2-25-20(24)12-13-22(14-16-8-10-17(21)11-9-16)19(23)15-26-18-6-4-3-5-7-18/h3-11H,2,12-15H2,1H3. The van der Waals surface area contributed by atoms with Crippen molar-refractivity contribution in [2.45, 2.75) is 19.9 Å². The first-order valence-corrected chi connectivity index (χ1v) is 8.82. The fourth-order valence-corrected chi connectivity index (χ4v) is 2.44. The molecule has 0 spiro atoms. The van der Waals surface area contributed by atoms with Crippen LogP contribution in [0.4, 0.5) is 0 Å². The normalized spacial score (nSPS) is 10.2. The number of amides is 1. The molecular weight excluding hydrogens is 354 g/mol. The highest BCUT2D eigenvalue weighted by atomic mass is 35.5. The van der Waals surface area contributed by atoms with Gasteiger partial charge in [0, 0.05) is 18.1 Å². The van der Waals surface area contributed by atoms with E-state index in [4.69, 9.17) is 21.1 Å². The van der Waals surface area contributed by atoms with Crippen molar-refractivity contribution in [3.63, 3.8) is 0 Å². The molecule has 26 heavy (non-hydrogen) atoms. The van der Waals surface area contributed by atoms with E-state index in [-0.39, 0.29) is 31.4 Å². The van der Waals surface area contributed by atoms with Crippen LogP contribution in [0.2, 0.25) is 5.02 Å². The summed E-state index contributed by atoms with van der Waals surface area (Å²) in [6.45, 7) is 2.61. The second-order valence-electron chi connectivity index (χ2n) is 5.60. The van der Waals surface area contributed by atoms with Crippen LogP contribution in [-0.2, 0) is 20.9 Å². The molecule has 138 valence electrons. The summed E-state index contributed by atoms with van der Waals surface area (Å²) in [6.07, 6.45) is 0.137. The van der Waals surface area contributed by atoms with Crippen LogP contribution in [0.3, 0.4) is 0 Å².